The topological polar surface area (TPSA) is 60.4 Å². The third-order valence-electron chi connectivity index (χ3n) is 6.82. The van der Waals surface area contributed by atoms with Gasteiger partial charge >= 0.3 is 0 Å². The predicted octanol–water partition coefficient (Wildman–Crippen LogP) is 4.10. The highest BCUT2D eigenvalue weighted by Crippen LogP contribution is 2.55. The third kappa shape index (κ3) is 2.73. The minimum atomic E-state index is -0.489. The van der Waals surface area contributed by atoms with Crippen molar-refractivity contribution >= 4 is 0 Å². The first kappa shape index (κ1) is 18.4. The van der Waals surface area contributed by atoms with E-state index in [1.54, 1.807) is 13.2 Å². The molecule has 0 amide bonds. The highest BCUT2D eigenvalue weighted by Gasteiger charge is 2.50. The van der Waals surface area contributed by atoms with Gasteiger partial charge < -0.3 is 24.1 Å². The maximum atomic E-state index is 11.0. The molecule has 0 aliphatic carbocycles. The summed E-state index contributed by atoms with van der Waals surface area (Å²) in [7, 11) is 1.58. The van der Waals surface area contributed by atoms with Gasteiger partial charge in [-0.15, -0.1) is 0 Å². The van der Waals surface area contributed by atoms with Crippen LogP contribution in [0.5, 0.6) is 28.7 Å². The summed E-state index contributed by atoms with van der Waals surface area (Å²) in [6.45, 7) is 6.61. The predicted molar refractivity (Wildman–Crippen MR) is 108 cm³/mol. The van der Waals surface area contributed by atoms with Gasteiger partial charge in [0.25, 0.3) is 0 Å². The second-order valence-electron chi connectivity index (χ2n) is 8.26. The van der Waals surface area contributed by atoms with Crippen LogP contribution in [0.15, 0.2) is 30.3 Å². The molecule has 6 heteroatoms. The van der Waals surface area contributed by atoms with E-state index in [1.165, 1.54) is 12.8 Å². The van der Waals surface area contributed by atoms with Crippen molar-refractivity contribution in [2.75, 3.05) is 27.0 Å². The number of phenols is 1. The summed E-state index contributed by atoms with van der Waals surface area (Å²) in [5.41, 5.74) is 1.35. The summed E-state index contributed by atoms with van der Waals surface area (Å²) in [5.74, 6) is 2.88. The van der Waals surface area contributed by atoms with E-state index in [-0.39, 0.29) is 24.4 Å². The van der Waals surface area contributed by atoms with Gasteiger partial charge in [-0.1, -0.05) is 19.1 Å². The summed E-state index contributed by atoms with van der Waals surface area (Å²) in [5, 5.41) is 11.0. The van der Waals surface area contributed by atoms with Gasteiger partial charge in [-0.05, 0) is 31.9 Å². The lowest BCUT2D eigenvalue weighted by atomic mass is 9.73. The molecule has 154 valence electrons. The smallest absolute Gasteiger partial charge is 0.231 e. The standard InChI is InChI=1S/C23H27NO5/c1-14-21(15-7-6-8-17(26-3)22(15)25)16-11-19-20(28-13-27-19)12-18(16)29-23(14,2)24-9-4-5-10-24/h6-8,11-12,14,21,25H,4-5,9-10,13H2,1-3H3/t14-,21+,23?/m0/s1. The molecule has 0 aromatic heterocycles. The first-order valence-electron chi connectivity index (χ1n) is 10.3. The fourth-order valence-electron chi connectivity index (χ4n) is 5.07. The van der Waals surface area contributed by atoms with Crippen molar-refractivity contribution < 1.29 is 24.1 Å². The van der Waals surface area contributed by atoms with Gasteiger partial charge in [-0.2, -0.15) is 0 Å². The van der Waals surface area contributed by atoms with Gasteiger partial charge in [0.05, 0.1) is 7.11 Å². The molecule has 0 saturated carbocycles. The molecule has 5 rings (SSSR count). The second-order valence-corrected chi connectivity index (χ2v) is 8.26. The second kappa shape index (κ2) is 6.73. The van der Waals surface area contributed by atoms with Crippen molar-refractivity contribution in [3.63, 3.8) is 0 Å². The number of likely N-dealkylation sites (tertiary alicyclic amines) is 1. The zero-order chi connectivity index (χ0) is 20.2. The quantitative estimate of drug-likeness (QED) is 0.841. The number of aromatic hydroxyl groups is 1. The van der Waals surface area contributed by atoms with E-state index in [9.17, 15) is 5.11 Å². The Morgan fingerprint density at radius 3 is 2.52 bits per heavy atom. The largest absolute Gasteiger partial charge is 0.504 e. The third-order valence-corrected chi connectivity index (χ3v) is 6.82. The Balaban J connectivity index is 1.70. The summed E-state index contributed by atoms with van der Waals surface area (Å²) in [6.07, 6.45) is 2.35. The molecule has 6 nitrogen and oxygen atoms in total. The number of para-hydroxylation sites is 1. The number of methoxy groups -OCH3 is 1. The van der Waals surface area contributed by atoms with E-state index < -0.39 is 5.72 Å². The van der Waals surface area contributed by atoms with Crippen LogP contribution in [0, 0.1) is 5.92 Å². The minimum Gasteiger partial charge on any atom is -0.504 e. The molecular formula is C23H27NO5. The Kier molecular flexibility index (Phi) is 4.28. The van der Waals surface area contributed by atoms with Gasteiger partial charge in [-0.25, -0.2) is 0 Å². The van der Waals surface area contributed by atoms with Crippen LogP contribution >= 0.6 is 0 Å². The molecule has 1 unspecified atom stereocenters. The van der Waals surface area contributed by atoms with Crippen molar-refractivity contribution in [2.45, 2.75) is 38.3 Å². The average Bonchev–Trinajstić information content (AvgIpc) is 3.40. The number of rotatable bonds is 3. The van der Waals surface area contributed by atoms with Crippen LogP contribution in [0.25, 0.3) is 0 Å². The molecule has 1 N–H and O–H groups in total. The highest BCUT2D eigenvalue weighted by atomic mass is 16.7. The van der Waals surface area contributed by atoms with E-state index in [0.717, 1.165) is 35.7 Å². The van der Waals surface area contributed by atoms with Crippen molar-refractivity contribution in [1.29, 1.82) is 0 Å². The van der Waals surface area contributed by atoms with Crippen LogP contribution in [0.4, 0.5) is 0 Å². The number of hydrogen-bond donors (Lipinski definition) is 1. The molecule has 0 radical (unpaired) electrons. The summed E-state index contributed by atoms with van der Waals surface area (Å²) < 4.78 is 23.3. The molecule has 0 bridgehead atoms. The number of ether oxygens (including phenoxy) is 4. The first-order chi connectivity index (χ1) is 14.0. The van der Waals surface area contributed by atoms with Gasteiger partial charge in [0.2, 0.25) is 6.79 Å². The molecule has 2 aromatic carbocycles. The molecular weight excluding hydrogens is 370 g/mol. The van der Waals surface area contributed by atoms with E-state index in [1.807, 2.05) is 24.3 Å². The highest BCUT2D eigenvalue weighted by molar-refractivity contribution is 5.59. The molecule has 0 spiro atoms. The van der Waals surface area contributed by atoms with Crippen LogP contribution in [0.1, 0.15) is 43.7 Å². The Morgan fingerprint density at radius 1 is 1.07 bits per heavy atom. The van der Waals surface area contributed by atoms with Crippen LogP contribution in [-0.2, 0) is 0 Å². The number of hydrogen-bond acceptors (Lipinski definition) is 6. The van der Waals surface area contributed by atoms with Crippen LogP contribution < -0.4 is 18.9 Å². The molecule has 3 aliphatic rings. The molecule has 1 fully saturated rings. The first-order valence-corrected chi connectivity index (χ1v) is 10.3. The zero-order valence-corrected chi connectivity index (χ0v) is 17.1. The Labute approximate surface area is 170 Å². The van der Waals surface area contributed by atoms with Crippen LogP contribution in [0.3, 0.4) is 0 Å². The fraction of sp³-hybridized carbons (Fsp3) is 0.478. The van der Waals surface area contributed by atoms with Crippen LogP contribution in [-0.4, -0.2) is 42.7 Å². The lowest BCUT2D eigenvalue weighted by Crippen LogP contribution is -2.57. The summed E-state index contributed by atoms with van der Waals surface area (Å²) in [4.78, 5) is 2.43. The number of nitrogens with zero attached hydrogens (tertiary/aromatic N) is 1. The van der Waals surface area contributed by atoms with Crippen molar-refractivity contribution in [2.24, 2.45) is 5.92 Å². The van der Waals surface area contributed by atoms with Gasteiger partial charge in [0, 0.05) is 42.1 Å². The number of benzene rings is 2. The normalized spacial score (nSPS) is 28.1. The Hall–Kier alpha value is -2.60. The summed E-state index contributed by atoms with van der Waals surface area (Å²) >= 11 is 0. The number of fused-ring (bicyclic) bond motifs is 2. The maximum absolute atomic E-state index is 11.0. The molecule has 1 saturated heterocycles. The van der Waals surface area contributed by atoms with Crippen molar-refractivity contribution in [3.8, 4) is 28.7 Å². The minimum absolute atomic E-state index is 0.0750. The number of phenolic OH excluding ortho intramolecular Hbond substituents is 1. The monoisotopic (exact) mass is 397 g/mol. The maximum Gasteiger partial charge on any atom is 0.231 e. The van der Waals surface area contributed by atoms with E-state index in [2.05, 4.69) is 18.7 Å². The fourth-order valence-corrected chi connectivity index (χ4v) is 5.07. The van der Waals surface area contributed by atoms with Crippen molar-refractivity contribution in [3.05, 3.63) is 41.5 Å². The van der Waals surface area contributed by atoms with E-state index >= 15 is 0 Å². The lowest BCUT2D eigenvalue weighted by molar-refractivity contribution is -0.114. The SMILES string of the molecule is COc1cccc([C@@H]2c3cc4c(cc3OC(C)(N3CCCC3)[C@H]2C)OCO4)c1O. The molecule has 3 aliphatic heterocycles. The Morgan fingerprint density at radius 2 is 1.79 bits per heavy atom. The van der Waals surface area contributed by atoms with Gasteiger partial charge in [-0.3, -0.25) is 4.90 Å². The molecule has 3 atom stereocenters. The zero-order valence-electron chi connectivity index (χ0n) is 17.1. The van der Waals surface area contributed by atoms with Gasteiger partial charge in [0.1, 0.15) is 5.75 Å². The van der Waals surface area contributed by atoms with Crippen molar-refractivity contribution in [1.82, 2.24) is 4.90 Å². The summed E-state index contributed by atoms with van der Waals surface area (Å²) in [6, 6.07) is 9.62. The molecule has 29 heavy (non-hydrogen) atoms. The van der Waals surface area contributed by atoms with E-state index in [4.69, 9.17) is 18.9 Å². The lowest BCUT2D eigenvalue weighted by Gasteiger charge is -2.50. The molecule has 2 aromatic rings. The van der Waals surface area contributed by atoms with E-state index in [0.29, 0.717) is 11.5 Å². The van der Waals surface area contributed by atoms with Crippen LogP contribution in [0.2, 0.25) is 0 Å². The average molecular weight is 397 g/mol. The molecule has 3 heterocycles. The van der Waals surface area contributed by atoms with Gasteiger partial charge in [0.15, 0.2) is 28.7 Å². The Bertz CT molecular complexity index is 939.